The smallest absolute Gasteiger partial charge is 0.0801 e. The molecule has 1 rings (SSSR count). The second-order valence-corrected chi connectivity index (χ2v) is 5.01. The number of aliphatic hydroxyl groups is 2. The van der Waals surface area contributed by atoms with E-state index in [1.807, 2.05) is 0 Å². The van der Waals surface area contributed by atoms with E-state index in [-0.39, 0.29) is 5.41 Å². The van der Waals surface area contributed by atoms with Gasteiger partial charge in [-0.25, -0.2) is 0 Å². The fourth-order valence-corrected chi connectivity index (χ4v) is 1.92. The van der Waals surface area contributed by atoms with Crippen LogP contribution in [-0.4, -0.2) is 22.4 Å². The first-order chi connectivity index (χ1) is 5.41. The molecule has 1 aliphatic carbocycles. The van der Waals surface area contributed by atoms with E-state index in [1.165, 1.54) is 0 Å². The minimum atomic E-state index is -0.497. The first-order valence-electron chi connectivity index (χ1n) is 4.77. The zero-order valence-corrected chi connectivity index (χ0v) is 8.25. The van der Waals surface area contributed by atoms with Crippen molar-refractivity contribution in [2.45, 2.75) is 52.2 Å². The summed E-state index contributed by atoms with van der Waals surface area (Å²) in [6, 6.07) is 0. The maximum atomic E-state index is 9.46. The highest BCUT2D eigenvalue weighted by Gasteiger charge is 2.33. The van der Waals surface area contributed by atoms with Crippen LogP contribution in [0.5, 0.6) is 0 Å². The molecule has 0 radical (unpaired) electrons. The molecule has 0 bridgehead atoms. The Morgan fingerprint density at radius 3 is 2.00 bits per heavy atom. The molecule has 2 N–H and O–H groups in total. The quantitative estimate of drug-likeness (QED) is 0.582. The van der Waals surface area contributed by atoms with Gasteiger partial charge in [0, 0.05) is 0 Å². The molecule has 12 heavy (non-hydrogen) atoms. The Morgan fingerprint density at radius 1 is 1.00 bits per heavy atom. The first-order valence-corrected chi connectivity index (χ1v) is 4.77. The fourth-order valence-electron chi connectivity index (χ4n) is 1.92. The van der Waals surface area contributed by atoms with Crippen molar-refractivity contribution in [1.29, 1.82) is 0 Å². The van der Waals surface area contributed by atoms with Crippen molar-refractivity contribution in [3.8, 4) is 0 Å². The number of hydrogen-bond donors (Lipinski definition) is 2. The molecule has 0 aromatic rings. The molecule has 0 aromatic carbocycles. The van der Waals surface area contributed by atoms with E-state index in [0.29, 0.717) is 5.92 Å². The largest absolute Gasteiger partial charge is 0.390 e. The van der Waals surface area contributed by atoms with Crippen LogP contribution < -0.4 is 0 Å². The standard InChI is InChI=1S/C10H20O2/c1-10(2,3)7-4-5-8(11)9(12)6-7/h7-9,11-12H,4-6H2,1-3H3/t7-,8+,9+/m0/s1. The first kappa shape index (κ1) is 10.0. The molecule has 0 unspecified atom stereocenters. The Bertz CT molecular complexity index is 148. The summed E-state index contributed by atoms with van der Waals surface area (Å²) < 4.78 is 0. The van der Waals surface area contributed by atoms with Crippen LogP contribution in [0.2, 0.25) is 0 Å². The molecule has 0 heterocycles. The third-order valence-electron chi connectivity index (χ3n) is 3.01. The lowest BCUT2D eigenvalue weighted by atomic mass is 9.71. The lowest BCUT2D eigenvalue weighted by Crippen LogP contribution is -2.37. The third kappa shape index (κ3) is 2.20. The number of aliphatic hydroxyl groups excluding tert-OH is 2. The Morgan fingerprint density at radius 2 is 1.58 bits per heavy atom. The molecular formula is C10H20O2. The maximum Gasteiger partial charge on any atom is 0.0801 e. The molecule has 3 atom stereocenters. The van der Waals surface area contributed by atoms with Crippen LogP contribution in [0.1, 0.15) is 40.0 Å². The van der Waals surface area contributed by atoms with Crippen molar-refractivity contribution in [3.05, 3.63) is 0 Å². The zero-order valence-electron chi connectivity index (χ0n) is 8.25. The Balaban J connectivity index is 2.51. The molecule has 2 nitrogen and oxygen atoms in total. The molecule has 0 aromatic heterocycles. The van der Waals surface area contributed by atoms with Gasteiger partial charge < -0.3 is 10.2 Å². The van der Waals surface area contributed by atoms with Crippen molar-refractivity contribution in [3.63, 3.8) is 0 Å². The summed E-state index contributed by atoms with van der Waals surface area (Å²) in [5.74, 6) is 0.552. The minimum Gasteiger partial charge on any atom is -0.390 e. The van der Waals surface area contributed by atoms with Crippen molar-refractivity contribution in [1.82, 2.24) is 0 Å². The maximum absolute atomic E-state index is 9.46. The molecule has 2 heteroatoms. The highest BCUT2D eigenvalue weighted by atomic mass is 16.3. The zero-order chi connectivity index (χ0) is 9.35. The summed E-state index contributed by atoms with van der Waals surface area (Å²) in [4.78, 5) is 0. The van der Waals surface area contributed by atoms with Crippen LogP contribution in [-0.2, 0) is 0 Å². The predicted octanol–water partition coefficient (Wildman–Crippen LogP) is 1.55. The van der Waals surface area contributed by atoms with Crippen LogP contribution in [0.15, 0.2) is 0 Å². The average molecular weight is 172 g/mol. The predicted molar refractivity (Wildman–Crippen MR) is 48.8 cm³/mol. The van der Waals surface area contributed by atoms with Gasteiger partial charge in [-0.2, -0.15) is 0 Å². The van der Waals surface area contributed by atoms with Crippen LogP contribution >= 0.6 is 0 Å². The normalized spacial score (nSPS) is 38.2. The SMILES string of the molecule is CC(C)(C)[C@H]1CC[C@@H](O)[C@H](O)C1. The monoisotopic (exact) mass is 172 g/mol. The van der Waals surface area contributed by atoms with E-state index < -0.39 is 12.2 Å². The van der Waals surface area contributed by atoms with Gasteiger partial charge in [-0.1, -0.05) is 20.8 Å². The molecular weight excluding hydrogens is 152 g/mol. The van der Waals surface area contributed by atoms with Crippen LogP contribution in [0.25, 0.3) is 0 Å². The number of hydrogen-bond acceptors (Lipinski definition) is 2. The van der Waals surface area contributed by atoms with Gasteiger partial charge in [0.05, 0.1) is 12.2 Å². The summed E-state index contributed by atoms with van der Waals surface area (Å²) in [6.45, 7) is 6.59. The van der Waals surface area contributed by atoms with Gasteiger partial charge in [-0.15, -0.1) is 0 Å². The van der Waals surface area contributed by atoms with E-state index in [2.05, 4.69) is 20.8 Å². The lowest BCUT2D eigenvalue weighted by molar-refractivity contribution is -0.0432. The molecule has 0 aliphatic heterocycles. The van der Waals surface area contributed by atoms with E-state index in [0.717, 1.165) is 19.3 Å². The van der Waals surface area contributed by atoms with Gasteiger partial charge in [0.15, 0.2) is 0 Å². The highest BCUT2D eigenvalue weighted by molar-refractivity contribution is 4.85. The molecule has 0 saturated heterocycles. The topological polar surface area (TPSA) is 40.5 Å². The van der Waals surface area contributed by atoms with Gasteiger partial charge in [0.2, 0.25) is 0 Å². The van der Waals surface area contributed by atoms with Gasteiger partial charge in [-0.3, -0.25) is 0 Å². The Hall–Kier alpha value is -0.0800. The van der Waals surface area contributed by atoms with E-state index >= 15 is 0 Å². The van der Waals surface area contributed by atoms with Crippen molar-refractivity contribution < 1.29 is 10.2 Å². The summed E-state index contributed by atoms with van der Waals surface area (Å²) in [5.41, 5.74) is 0.265. The Labute approximate surface area is 74.6 Å². The van der Waals surface area contributed by atoms with Crippen LogP contribution in [0.4, 0.5) is 0 Å². The van der Waals surface area contributed by atoms with Gasteiger partial charge >= 0.3 is 0 Å². The van der Waals surface area contributed by atoms with Gasteiger partial charge in [0.1, 0.15) is 0 Å². The summed E-state index contributed by atoms with van der Waals surface area (Å²) >= 11 is 0. The highest BCUT2D eigenvalue weighted by Crippen LogP contribution is 2.37. The van der Waals surface area contributed by atoms with Crippen LogP contribution in [0.3, 0.4) is 0 Å². The van der Waals surface area contributed by atoms with Crippen molar-refractivity contribution >= 4 is 0 Å². The third-order valence-corrected chi connectivity index (χ3v) is 3.01. The summed E-state index contributed by atoms with van der Waals surface area (Å²) in [7, 11) is 0. The van der Waals surface area contributed by atoms with Gasteiger partial charge in [0.25, 0.3) is 0 Å². The second kappa shape index (κ2) is 3.35. The average Bonchev–Trinajstić information content (AvgIpc) is 1.92. The van der Waals surface area contributed by atoms with Gasteiger partial charge in [-0.05, 0) is 30.6 Å². The van der Waals surface area contributed by atoms with E-state index in [1.54, 1.807) is 0 Å². The molecule has 0 amide bonds. The number of rotatable bonds is 0. The van der Waals surface area contributed by atoms with Crippen LogP contribution in [0, 0.1) is 11.3 Å². The molecule has 0 spiro atoms. The van der Waals surface area contributed by atoms with E-state index in [4.69, 9.17) is 0 Å². The Kier molecular flexibility index (Phi) is 2.79. The van der Waals surface area contributed by atoms with Crippen molar-refractivity contribution in [2.75, 3.05) is 0 Å². The van der Waals surface area contributed by atoms with E-state index in [9.17, 15) is 10.2 Å². The summed E-state index contributed by atoms with van der Waals surface area (Å²) in [5, 5.41) is 18.8. The van der Waals surface area contributed by atoms with Crippen molar-refractivity contribution in [2.24, 2.45) is 11.3 Å². The minimum absolute atomic E-state index is 0.265. The molecule has 1 fully saturated rings. The molecule has 72 valence electrons. The lowest BCUT2D eigenvalue weighted by Gasteiger charge is -2.38. The molecule has 1 saturated carbocycles. The second-order valence-electron chi connectivity index (χ2n) is 5.01. The molecule has 1 aliphatic rings. The fraction of sp³-hybridized carbons (Fsp3) is 1.00. The summed E-state index contributed by atoms with van der Waals surface area (Å²) in [6.07, 6.45) is 1.57.